The van der Waals surface area contributed by atoms with Gasteiger partial charge in [-0.25, -0.2) is 0 Å². The molecule has 2 rings (SSSR count). The maximum atomic E-state index is 5.91. The van der Waals surface area contributed by atoms with Crippen LogP contribution in [0.5, 0.6) is 0 Å². The van der Waals surface area contributed by atoms with Crippen molar-refractivity contribution >= 4 is 57.5 Å². The van der Waals surface area contributed by atoms with Crippen LogP contribution < -0.4 is 5.43 Å². The van der Waals surface area contributed by atoms with Crippen molar-refractivity contribution in [3.05, 3.63) is 49.6 Å². The molecule has 2 aromatic rings. The van der Waals surface area contributed by atoms with Gasteiger partial charge in [-0.1, -0.05) is 34.8 Å². The van der Waals surface area contributed by atoms with Crippen LogP contribution in [0.2, 0.25) is 14.4 Å². The van der Waals surface area contributed by atoms with E-state index in [9.17, 15) is 0 Å². The van der Waals surface area contributed by atoms with Crippen LogP contribution in [0.15, 0.2) is 35.4 Å². The Bertz CT molecular complexity index is 593. The molecule has 6 heteroatoms. The van der Waals surface area contributed by atoms with Crippen LogP contribution in [-0.4, -0.2) is 5.71 Å². The second-order valence-electron chi connectivity index (χ2n) is 3.54. The van der Waals surface area contributed by atoms with Crippen LogP contribution in [0.25, 0.3) is 0 Å². The summed E-state index contributed by atoms with van der Waals surface area (Å²) in [6, 6.07) is 9.04. The molecule has 0 spiro atoms. The number of halogens is 3. The summed E-state index contributed by atoms with van der Waals surface area (Å²) in [5.41, 5.74) is 4.57. The minimum Gasteiger partial charge on any atom is -0.278 e. The topological polar surface area (TPSA) is 24.4 Å². The second-order valence-corrected chi connectivity index (χ2v) is 6.07. The van der Waals surface area contributed by atoms with Gasteiger partial charge in [0.15, 0.2) is 0 Å². The van der Waals surface area contributed by atoms with Crippen molar-refractivity contribution in [2.24, 2.45) is 5.10 Å². The fourth-order valence-electron chi connectivity index (χ4n) is 1.28. The predicted octanol–water partition coefficient (Wildman–Crippen LogP) is 5.54. The predicted molar refractivity (Wildman–Crippen MR) is 81.6 cm³/mol. The van der Waals surface area contributed by atoms with Crippen LogP contribution >= 0.6 is 46.1 Å². The van der Waals surface area contributed by atoms with Gasteiger partial charge in [-0.2, -0.15) is 5.10 Å². The Morgan fingerprint density at radius 1 is 1.11 bits per heavy atom. The number of anilines is 1. The Morgan fingerprint density at radius 2 is 1.89 bits per heavy atom. The van der Waals surface area contributed by atoms with Crippen molar-refractivity contribution in [3.8, 4) is 0 Å². The van der Waals surface area contributed by atoms with E-state index >= 15 is 0 Å². The number of hydrogen-bond donors (Lipinski definition) is 1. The third-order valence-electron chi connectivity index (χ3n) is 2.20. The van der Waals surface area contributed by atoms with Crippen molar-refractivity contribution in [2.45, 2.75) is 6.92 Å². The first-order valence-corrected chi connectivity index (χ1v) is 7.02. The van der Waals surface area contributed by atoms with Crippen LogP contribution in [0.4, 0.5) is 5.69 Å². The fraction of sp³-hybridized carbons (Fsp3) is 0.0833. The van der Waals surface area contributed by atoms with E-state index < -0.39 is 0 Å². The second kappa shape index (κ2) is 5.93. The van der Waals surface area contributed by atoms with E-state index in [4.69, 9.17) is 34.8 Å². The van der Waals surface area contributed by atoms with Crippen molar-refractivity contribution in [1.29, 1.82) is 0 Å². The number of hydrogen-bond acceptors (Lipinski definition) is 3. The minimum absolute atomic E-state index is 0.494. The van der Waals surface area contributed by atoms with Gasteiger partial charge >= 0.3 is 0 Å². The van der Waals surface area contributed by atoms with E-state index in [1.807, 2.05) is 25.1 Å². The standard InChI is InChI=1S/C12H9Cl3N2S/c1-7(11-4-5-12(15)18-11)16-17-8-2-3-9(13)10(14)6-8/h2-6,17H,1H3/b16-7+. The molecule has 2 nitrogen and oxygen atoms in total. The van der Waals surface area contributed by atoms with E-state index in [-0.39, 0.29) is 0 Å². The number of hydrazone groups is 1. The summed E-state index contributed by atoms with van der Waals surface area (Å²) in [4.78, 5) is 1.02. The lowest BCUT2D eigenvalue weighted by atomic mass is 10.3. The SMILES string of the molecule is C/C(=N\Nc1ccc(Cl)c(Cl)c1)c1ccc(Cl)s1. The maximum absolute atomic E-state index is 5.91. The van der Waals surface area contributed by atoms with E-state index in [1.54, 1.807) is 12.1 Å². The third-order valence-corrected chi connectivity index (χ3v) is 4.28. The van der Waals surface area contributed by atoms with E-state index in [0.29, 0.717) is 10.0 Å². The summed E-state index contributed by atoms with van der Waals surface area (Å²) < 4.78 is 0.745. The van der Waals surface area contributed by atoms with Gasteiger partial charge in [-0.3, -0.25) is 5.43 Å². The summed E-state index contributed by atoms with van der Waals surface area (Å²) in [6.45, 7) is 1.91. The molecule has 1 aromatic carbocycles. The van der Waals surface area contributed by atoms with Crippen LogP contribution in [0.1, 0.15) is 11.8 Å². The number of benzene rings is 1. The zero-order chi connectivity index (χ0) is 13.1. The number of thiophene rings is 1. The van der Waals surface area contributed by atoms with Crippen LogP contribution in [-0.2, 0) is 0 Å². The van der Waals surface area contributed by atoms with Crippen molar-refractivity contribution in [2.75, 3.05) is 5.43 Å². The molecule has 0 aliphatic heterocycles. The Kier molecular flexibility index (Phi) is 4.51. The molecule has 0 amide bonds. The molecule has 94 valence electrons. The molecule has 18 heavy (non-hydrogen) atoms. The summed E-state index contributed by atoms with van der Waals surface area (Å²) in [6.07, 6.45) is 0. The lowest BCUT2D eigenvalue weighted by molar-refractivity contribution is 1.33. The Hall–Kier alpha value is -0.740. The molecular weight excluding hydrogens is 311 g/mol. The monoisotopic (exact) mass is 318 g/mol. The smallest absolute Gasteiger partial charge is 0.0935 e. The van der Waals surface area contributed by atoms with E-state index in [0.717, 1.165) is 20.6 Å². The van der Waals surface area contributed by atoms with Gasteiger partial charge in [-0.05, 0) is 37.3 Å². The van der Waals surface area contributed by atoms with Gasteiger partial charge in [0.05, 0.1) is 30.7 Å². The summed E-state index contributed by atoms with van der Waals surface area (Å²) in [7, 11) is 0. The largest absolute Gasteiger partial charge is 0.278 e. The molecule has 0 aliphatic rings. The summed E-state index contributed by atoms with van der Waals surface area (Å²) >= 11 is 19.1. The molecule has 1 N–H and O–H groups in total. The van der Waals surface area contributed by atoms with Gasteiger partial charge in [0.2, 0.25) is 0 Å². The first kappa shape index (κ1) is 13.7. The van der Waals surface area contributed by atoms with Gasteiger partial charge < -0.3 is 0 Å². The highest BCUT2D eigenvalue weighted by atomic mass is 35.5. The van der Waals surface area contributed by atoms with Gasteiger partial charge in [0.1, 0.15) is 0 Å². The Morgan fingerprint density at radius 3 is 2.50 bits per heavy atom. The lowest BCUT2D eigenvalue weighted by Gasteiger charge is -2.03. The lowest BCUT2D eigenvalue weighted by Crippen LogP contribution is -1.97. The van der Waals surface area contributed by atoms with Crippen molar-refractivity contribution in [3.63, 3.8) is 0 Å². The van der Waals surface area contributed by atoms with Crippen molar-refractivity contribution in [1.82, 2.24) is 0 Å². The molecule has 0 saturated heterocycles. The summed E-state index contributed by atoms with van der Waals surface area (Å²) in [5.74, 6) is 0. The Labute approximate surface area is 124 Å². The van der Waals surface area contributed by atoms with E-state index in [1.165, 1.54) is 11.3 Å². The minimum atomic E-state index is 0.494. The molecule has 1 aromatic heterocycles. The Balaban J connectivity index is 2.12. The highest BCUT2D eigenvalue weighted by Crippen LogP contribution is 2.25. The first-order valence-electron chi connectivity index (χ1n) is 5.07. The number of rotatable bonds is 3. The van der Waals surface area contributed by atoms with Crippen LogP contribution in [0.3, 0.4) is 0 Å². The molecule has 0 unspecified atom stereocenters. The zero-order valence-corrected chi connectivity index (χ0v) is 12.5. The number of nitrogens with zero attached hydrogens (tertiary/aromatic N) is 1. The molecular formula is C12H9Cl3N2S. The third kappa shape index (κ3) is 3.39. The maximum Gasteiger partial charge on any atom is 0.0935 e. The highest BCUT2D eigenvalue weighted by molar-refractivity contribution is 7.18. The molecule has 0 atom stereocenters. The molecule has 0 bridgehead atoms. The average Bonchev–Trinajstić information content (AvgIpc) is 2.77. The molecule has 0 fully saturated rings. The fourth-order valence-corrected chi connectivity index (χ4v) is 2.56. The van der Waals surface area contributed by atoms with Gasteiger partial charge in [0, 0.05) is 0 Å². The molecule has 1 heterocycles. The van der Waals surface area contributed by atoms with Gasteiger partial charge in [-0.15, -0.1) is 11.3 Å². The first-order chi connectivity index (χ1) is 8.56. The van der Waals surface area contributed by atoms with E-state index in [2.05, 4.69) is 10.5 Å². The van der Waals surface area contributed by atoms with Crippen LogP contribution in [0, 0.1) is 0 Å². The number of nitrogens with one attached hydrogen (secondary N) is 1. The quantitative estimate of drug-likeness (QED) is 0.582. The summed E-state index contributed by atoms with van der Waals surface area (Å²) in [5, 5.41) is 5.28. The zero-order valence-electron chi connectivity index (χ0n) is 9.38. The van der Waals surface area contributed by atoms with Crippen molar-refractivity contribution < 1.29 is 0 Å². The molecule has 0 saturated carbocycles. The average molecular weight is 320 g/mol. The normalized spacial score (nSPS) is 11.7. The highest BCUT2D eigenvalue weighted by Gasteiger charge is 2.02. The molecule has 0 radical (unpaired) electrons. The van der Waals surface area contributed by atoms with Gasteiger partial charge in [0.25, 0.3) is 0 Å². The molecule has 0 aliphatic carbocycles.